The van der Waals surface area contributed by atoms with Crippen molar-refractivity contribution in [2.75, 3.05) is 30.8 Å². The van der Waals surface area contributed by atoms with E-state index in [1.807, 2.05) is 31.2 Å². The van der Waals surface area contributed by atoms with E-state index in [0.29, 0.717) is 6.61 Å². The van der Waals surface area contributed by atoms with E-state index in [2.05, 4.69) is 10.3 Å². The topological polar surface area (TPSA) is 60.2 Å². The molecule has 0 saturated heterocycles. The van der Waals surface area contributed by atoms with Crippen LogP contribution in [0.4, 0.5) is 11.4 Å². The number of hydrogen-bond donors (Lipinski definition) is 2. The molecule has 0 amide bonds. The van der Waals surface area contributed by atoms with E-state index in [1.54, 1.807) is 6.20 Å². The summed E-state index contributed by atoms with van der Waals surface area (Å²) in [7, 11) is 0. The van der Waals surface area contributed by atoms with Gasteiger partial charge in [0.05, 0.1) is 23.5 Å². The lowest BCUT2D eigenvalue weighted by Crippen LogP contribution is -2.10. The van der Waals surface area contributed by atoms with Gasteiger partial charge < -0.3 is 15.8 Å². The summed E-state index contributed by atoms with van der Waals surface area (Å²) in [4.78, 5) is 4.26. The molecule has 0 spiro atoms. The normalized spacial score (nSPS) is 10.6. The Labute approximate surface area is 101 Å². The van der Waals surface area contributed by atoms with Gasteiger partial charge in [-0.25, -0.2) is 0 Å². The molecular weight excluding hydrogens is 214 g/mol. The lowest BCUT2D eigenvalue weighted by Gasteiger charge is -2.11. The van der Waals surface area contributed by atoms with E-state index in [4.69, 9.17) is 10.5 Å². The highest BCUT2D eigenvalue weighted by atomic mass is 16.5. The van der Waals surface area contributed by atoms with Crippen LogP contribution in [0.3, 0.4) is 0 Å². The second-order valence-corrected chi connectivity index (χ2v) is 3.72. The standard InChI is InChI=1S/C13H17N3O/c1-2-17-9-8-16-12-6-5-11-10(13(12)14)4-3-7-15-11/h3-7,16H,2,8-9,14H2,1H3. The first-order valence-electron chi connectivity index (χ1n) is 5.77. The number of rotatable bonds is 5. The third kappa shape index (κ3) is 2.65. The van der Waals surface area contributed by atoms with Gasteiger partial charge in [0.25, 0.3) is 0 Å². The van der Waals surface area contributed by atoms with Gasteiger partial charge in [-0.2, -0.15) is 0 Å². The molecule has 0 unspecified atom stereocenters. The highest BCUT2D eigenvalue weighted by Gasteiger charge is 2.03. The van der Waals surface area contributed by atoms with Gasteiger partial charge >= 0.3 is 0 Å². The number of nitrogen functional groups attached to an aromatic ring is 1. The molecule has 1 heterocycles. The number of ether oxygens (including phenoxy) is 1. The summed E-state index contributed by atoms with van der Waals surface area (Å²) in [5, 5.41) is 4.24. The van der Waals surface area contributed by atoms with Gasteiger partial charge in [-0.15, -0.1) is 0 Å². The highest BCUT2D eigenvalue weighted by Crippen LogP contribution is 2.26. The fourth-order valence-corrected chi connectivity index (χ4v) is 1.73. The van der Waals surface area contributed by atoms with Crippen molar-refractivity contribution in [3.63, 3.8) is 0 Å². The van der Waals surface area contributed by atoms with Crippen LogP contribution in [-0.2, 0) is 4.74 Å². The van der Waals surface area contributed by atoms with Crippen molar-refractivity contribution in [2.24, 2.45) is 0 Å². The molecule has 0 aliphatic carbocycles. The summed E-state index contributed by atoms with van der Waals surface area (Å²) in [6.45, 7) is 4.15. The first-order chi connectivity index (χ1) is 8.33. The van der Waals surface area contributed by atoms with Crippen LogP contribution in [-0.4, -0.2) is 24.7 Å². The lowest BCUT2D eigenvalue weighted by molar-refractivity contribution is 0.158. The molecule has 0 atom stereocenters. The molecule has 0 fully saturated rings. The molecule has 0 saturated carbocycles. The van der Waals surface area contributed by atoms with E-state index in [-0.39, 0.29) is 0 Å². The predicted molar refractivity (Wildman–Crippen MR) is 71.1 cm³/mol. The maximum absolute atomic E-state index is 6.09. The molecule has 0 bridgehead atoms. The Morgan fingerprint density at radius 3 is 3.06 bits per heavy atom. The third-order valence-corrected chi connectivity index (χ3v) is 2.59. The quantitative estimate of drug-likeness (QED) is 0.612. The molecule has 2 aromatic rings. The van der Waals surface area contributed by atoms with Crippen LogP contribution in [0.5, 0.6) is 0 Å². The Balaban J connectivity index is 2.15. The number of nitrogens with zero attached hydrogens (tertiary/aromatic N) is 1. The number of pyridine rings is 1. The van der Waals surface area contributed by atoms with Crippen molar-refractivity contribution in [3.05, 3.63) is 30.5 Å². The second-order valence-electron chi connectivity index (χ2n) is 3.72. The Hall–Kier alpha value is -1.81. The summed E-state index contributed by atoms with van der Waals surface area (Å²) in [5.41, 5.74) is 8.69. The van der Waals surface area contributed by atoms with Gasteiger partial charge in [0.2, 0.25) is 0 Å². The number of fused-ring (bicyclic) bond motifs is 1. The van der Waals surface area contributed by atoms with Gasteiger partial charge in [-0.05, 0) is 31.2 Å². The van der Waals surface area contributed by atoms with Crippen LogP contribution in [0, 0.1) is 0 Å². The summed E-state index contributed by atoms with van der Waals surface area (Å²) >= 11 is 0. The molecule has 0 aliphatic heterocycles. The Morgan fingerprint density at radius 2 is 2.24 bits per heavy atom. The zero-order valence-corrected chi connectivity index (χ0v) is 9.94. The van der Waals surface area contributed by atoms with Crippen molar-refractivity contribution < 1.29 is 4.74 Å². The van der Waals surface area contributed by atoms with Crippen LogP contribution in [0.25, 0.3) is 10.9 Å². The average molecular weight is 231 g/mol. The average Bonchev–Trinajstić information content (AvgIpc) is 2.37. The molecule has 0 radical (unpaired) electrons. The highest BCUT2D eigenvalue weighted by molar-refractivity contribution is 5.96. The third-order valence-electron chi connectivity index (χ3n) is 2.59. The molecule has 90 valence electrons. The molecule has 4 heteroatoms. The van der Waals surface area contributed by atoms with Crippen molar-refractivity contribution in [1.29, 1.82) is 0 Å². The molecule has 2 rings (SSSR count). The Kier molecular flexibility index (Phi) is 3.77. The first kappa shape index (κ1) is 11.7. The summed E-state index contributed by atoms with van der Waals surface area (Å²) in [6.07, 6.45) is 1.77. The molecule has 17 heavy (non-hydrogen) atoms. The molecule has 4 nitrogen and oxygen atoms in total. The largest absolute Gasteiger partial charge is 0.397 e. The lowest BCUT2D eigenvalue weighted by atomic mass is 10.1. The fraction of sp³-hybridized carbons (Fsp3) is 0.308. The minimum Gasteiger partial charge on any atom is -0.397 e. The van der Waals surface area contributed by atoms with Crippen LogP contribution < -0.4 is 11.1 Å². The van der Waals surface area contributed by atoms with Gasteiger partial charge in [0, 0.05) is 24.7 Å². The zero-order chi connectivity index (χ0) is 12.1. The van der Waals surface area contributed by atoms with Crippen molar-refractivity contribution in [2.45, 2.75) is 6.92 Å². The minimum absolute atomic E-state index is 0.682. The van der Waals surface area contributed by atoms with Crippen LogP contribution in [0.2, 0.25) is 0 Å². The van der Waals surface area contributed by atoms with E-state index in [1.165, 1.54) is 0 Å². The monoisotopic (exact) mass is 231 g/mol. The molecule has 1 aromatic carbocycles. The second kappa shape index (κ2) is 5.50. The fourth-order valence-electron chi connectivity index (χ4n) is 1.73. The summed E-state index contributed by atoms with van der Waals surface area (Å²) in [5.74, 6) is 0. The minimum atomic E-state index is 0.682. The number of benzene rings is 1. The number of nitrogens with two attached hydrogens (primary N) is 1. The Morgan fingerprint density at radius 1 is 1.35 bits per heavy atom. The SMILES string of the molecule is CCOCCNc1ccc2ncccc2c1N. The summed E-state index contributed by atoms with van der Waals surface area (Å²) in [6, 6.07) is 7.79. The predicted octanol–water partition coefficient (Wildman–Crippen LogP) is 2.27. The number of hydrogen-bond acceptors (Lipinski definition) is 4. The van der Waals surface area contributed by atoms with Gasteiger partial charge in [-0.3, -0.25) is 4.98 Å². The maximum Gasteiger partial charge on any atom is 0.0724 e. The van der Waals surface area contributed by atoms with E-state index < -0.39 is 0 Å². The molecular formula is C13H17N3O. The van der Waals surface area contributed by atoms with Crippen LogP contribution >= 0.6 is 0 Å². The Bertz CT molecular complexity index is 499. The number of anilines is 2. The van der Waals surface area contributed by atoms with E-state index in [9.17, 15) is 0 Å². The van der Waals surface area contributed by atoms with Crippen molar-refractivity contribution >= 4 is 22.3 Å². The molecule has 3 N–H and O–H groups in total. The van der Waals surface area contributed by atoms with Gasteiger partial charge in [-0.1, -0.05) is 0 Å². The van der Waals surface area contributed by atoms with E-state index in [0.717, 1.165) is 35.4 Å². The molecule has 0 aliphatic rings. The number of aromatic nitrogens is 1. The van der Waals surface area contributed by atoms with Gasteiger partial charge in [0.1, 0.15) is 0 Å². The van der Waals surface area contributed by atoms with Crippen molar-refractivity contribution in [3.8, 4) is 0 Å². The van der Waals surface area contributed by atoms with Gasteiger partial charge in [0.15, 0.2) is 0 Å². The molecule has 1 aromatic heterocycles. The van der Waals surface area contributed by atoms with Crippen LogP contribution in [0.1, 0.15) is 6.92 Å². The number of nitrogens with one attached hydrogen (secondary N) is 1. The zero-order valence-electron chi connectivity index (χ0n) is 9.94. The van der Waals surface area contributed by atoms with E-state index >= 15 is 0 Å². The first-order valence-corrected chi connectivity index (χ1v) is 5.77. The van der Waals surface area contributed by atoms with Crippen molar-refractivity contribution in [1.82, 2.24) is 4.98 Å². The smallest absolute Gasteiger partial charge is 0.0724 e. The maximum atomic E-state index is 6.09. The van der Waals surface area contributed by atoms with Crippen LogP contribution in [0.15, 0.2) is 30.5 Å². The summed E-state index contributed by atoms with van der Waals surface area (Å²) < 4.78 is 5.27.